The maximum absolute atomic E-state index is 12.3. The van der Waals surface area contributed by atoms with Crippen molar-refractivity contribution in [3.63, 3.8) is 0 Å². The molecule has 2 amide bonds. The molecule has 0 heterocycles. The van der Waals surface area contributed by atoms with E-state index in [1.807, 2.05) is 74.5 Å². The molecule has 2 aromatic rings. The third-order valence-corrected chi connectivity index (χ3v) is 7.42. The van der Waals surface area contributed by atoms with Crippen LogP contribution in [-0.4, -0.2) is 84.6 Å². The van der Waals surface area contributed by atoms with E-state index in [-0.39, 0.29) is 12.8 Å². The predicted octanol–water partition coefficient (Wildman–Crippen LogP) is 2.88. The van der Waals surface area contributed by atoms with Gasteiger partial charge in [0.25, 0.3) is 5.91 Å². The molecule has 0 saturated carbocycles. The summed E-state index contributed by atoms with van der Waals surface area (Å²) in [4.78, 5) is 50.9. The van der Waals surface area contributed by atoms with Gasteiger partial charge in [0.2, 0.25) is 5.91 Å². The Morgan fingerprint density at radius 1 is 0.771 bits per heavy atom. The Morgan fingerprint density at radius 3 is 1.58 bits per heavy atom. The van der Waals surface area contributed by atoms with Crippen LogP contribution < -0.4 is 16.4 Å². The Morgan fingerprint density at radius 2 is 1.19 bits per heavy atom. The van der Waals surface area contributed by atoms with Crippen LogP contribution in [0.25, 0.3) is 10.4 Å². The summed E-state index contributed by atoms with van der Waals surface area (Å²) in [6, 6.07) is 15.1. The lowest BCUT2D eigenvalue weighted by Gasteiger charge is -2.22. The van der Waals surface area contributed by atoms with Crippen LogP contribution in [0, 0.1) is 0 Å². The Kier molecular flexibility index (Phi) is 20.6. The van der Waals surface area contributed by atoms with Gasteiger partial charge < -0.3 is 36.1 Å². The summed E-state index contributed by atoms with van der Waals surface area (Å²) in [5.74, 6) is -2.59. The highest BCUT2D eigenvalue weighted by atomic mass is 16.5. The van der Waals surface area contributed by atoms with E-state index in [2.05, 4.69) is 20.7 Å². The van der Waals surface area contributed by atoms with Gasteiger partial charge in [0.1, 0.15) is 24.3 Å². The zero-order valence-electron chi connectivity index (χ0n) is 28.2. The first-order chi connectivity index (χ1) is 23.0. The van der Waals surface area contributed by atoms with Crippen LogP contribution in [0.4, 0.5) is 0 Å². The number of methoxy groups -OCH3 is 2. The van der Waals surface area contributed by atoms with E-state index in [0.717, 1.165) is 30.4 Å². The molecular formula is C34H50N6O8. The minimum absolute atomic E-state index is 0.229. The van der Waals surface area contributed by atoms with E-state index in [4.69, 9.17) is 20.7 Å². The summed E-state index contributed by atoms with van der Waals surface area (Å²) in [5.41, 5.74) is 16.1. The third kappa shape index (κ3) is 15.4. The molecule has 0 saturated heterocycles. The molecule has 0 fully saturated rings. The molecule has 6 N–H and O–H groups in total. The molecule has 48 heavy (non-hydrogen) atoms. The zero-order chi connectivity index (χ0) is 35.9. The quantitative estimate of drug-likeness (QED) is 0.0640. The van der Waals surface area contributed by atoms with E-state index in [0.29, 0.717) is 19.3 Å². The van der Waals surface area contributed by atoms with Crippen LogP contribution in [0.5, 0.6) is 0 Å². The number of aliphatic hydroxyl groups excluding tert-OH is 2. The fourth-order valence-corrected chi connectivity index (χ4v) is 4.61. The lowest BCUT2D eigenvalue weighted by molar-refractivity contribution is -0.146. The predicted molar refractivity (Wildman–Crippen MR) is 180 cm³/mol. The fourth-order valence-electron chi connectivity index (χ4n) is 4.61. The van der Waals surface area contributed by atoms with E-state index in [1.165, 1.54) is 14.2 Å². The molecule has 264 valence electrons. The molecule has 0 unspecified atom stereocenters. The number of nitrogens with zero attached hydrogens (tertiary/aromatic N) is 3. The molecule has 2 rings (SSSR count). The lowest BCUT2D eigenvalue weighted by atomic mass is 10.0. The number of hydrogen-bond donors (Lipinski definition) is 5. The Balaban J connectivity index is 0.000000482. The number of carbonyl (C=O) groups excluding carboxylic acids is 4. The van der Waals surface area contributed by atoms with Gasteiger partial charge in [-0.2, -0.15) is 0 Å². The number of rotatable bonds is 19. The van der Waals surface area contributed by atoms with Crippen molar-refractivity contribution >= 4 is 23.8 Å². The number of esters is 2. The molecule has 0 aliphatic carbocycles. The molecule has 14 heteroatoms. The van der Waals surface area contributed by atoms with Gasteiger partial charge in [0.05, 0.1) is 20.3 Å². The Labute approximate surface area is 282 Å². The number of carbonyl (C=O) groups is 4. The Hall–Kier alpha value is -4.49. The van der Waals surface area contributed by atoms with Crippen molar-refractivity contribution in [1.82, 2.24) is 10.6 Å². The fraction of sp³-hybridized carbons (Fsp3) is 0.529. The lowest BCUT2D eigenvalue weighted by Crippen LogP contribution is -2.52. The third-order valence-electron chi connectivity index (χ3n) is 7.42. The second-order valence-corrected chi connectivity index (χ2v) is 11.2. The highest BCUT2D eigenvalue weighted by molar-refractivity contribution is 5.88. The van der Waals surface area contributed by atoms with Gasteiger partial charge in [-0.25, -0.2) is 9.59 Å². The summed E-state index contributed by atoms with van der Waals surface area (Å²) in [5, 5.41) is 28.7. The number of unbranched alkanes of at least 4 members (excludes halogenated alkanes) is 2. The van der Waals surface area contributed by atoms with Gasteiger partial charge in [0, 0.05) is 23.8 Å². The van der Waals surface area contributed by atoms with Crippen molar-refractivity contribution < 1.29 is 38.9 Å². The summed E-state index contributed by atoms with van der Waals surface area (Å²) in [6.07, 6.45) is 1.89. The smallest absolute Gasteiger partial charge is 0.328 e. The van der Waals surface area contributed by atoms with Crippen molar-refractivity contribution in [2.75, 3.05) is 14.2 Å². The normalized spacial score (nSPS) is 14.2. The van der Waals surface area contributed by atoms with Crippen molar-refractivity contribution in [2.45, 2.75) is 102 Å². The molecule has 0 aliphatic rings. The first-order valence-corrected chi connectivity index (χ1v) is 16.0. The zero-order valence-corrected chi connectivity index (χ0v) is 28.2. The number of amides is 2. The van der Waals surface area contributed by atoms with Gasteiger partial charge >= 0.3 is 11.9 Å². The molecule has 14 nitrogen and oxygen atoms in total. The molecule has 0 radical (unpaired) electrons. The molecule has 6 atom stereocenters. The van der Waals surface area contributed by atoms with Crippen molar-refractivity contribution in [3.8, 4) is 0 Å². The highest BCUT2D eigenvalue weighted by Crippen LogP contribution is 2.12. The van der Waals surface area contributed by atoms with Gasteiger partial charge in [-0.3, -0.25) is 9.59 Å². The average Bonchev–Trinajstić information content (AvgIpc) is 3.11. The first kappa shape index (κ1) is 41.5. The number of nitrogens with one attached hydrogen (secondary N) is 2. The van der Waals surface area contributed by atoms with Crippen LogP contribution in [0.2, 0.25) is 0 Å². The summed E-state index contributed by atoms with van der Waals surface area (Å²) < 4.78 is 9.44. The van der Waals surface area contributed by atoms with Crippen molar-refractivity contribution in [1.29, 1.82) is 0 Å². The number of azide groups is 1. The monoisotopic (exact) mass is 670 g/mol. The number of ether oxygens (including phenoxy) is 2. The SMILES string of the molecule is CCCC[C@H](N)[C@H](O)C(=O)N[C@@H](Cc1ccccc1)C(=O)OC.CCCC[C@H](N=[N+]=[N-])[C@H](O)C(=O)N[C@@H](Cc1ccccc1)C(=O)OC. The highest BCUT2D eigenvalue weighted by Gasteiger charge is 2.30. The standard InChI is InChI=1S/C17H24N4O4.C17H26N2O4/c1-3-4-10-13(20-21-18)15(22)16(23)19-14(17(24)25-2)11-12-8-6-5-7-9-12;1-3-4-10-13(18)15(20)16(21)19-14(17(22)23-2)11-12-8-6-5-7-9-12/h5-9,13-15,22H,3-4,10-11H2,1-2H3,(H,19,23);5-9,13-15,20H,3-4,10-11,18H2,1-2H3,(H,19,21)/t2*13-,14-,15-/m00/s1. The molecule has 0 spiro atoms. The van der Waals surface area contributed by atoms with Gasteiger partial charge in [-0.15, -0.1) is 0 Å². The van der Waals surface area contributed by atoms with Crippen LogP contribution in [0.15, 0.2) is 65.8 Å². The van der Waals surface area contributed by atoms with Crippen molar-refractivity contribution in [3.05, 3.63) is 82.2 Å². The summed E-state index contributed by atoms with van der Waals surface area (Å²) in [7, 11) is 2.49. The number of hydrogen-bond acceptors (Lipinski definition) is 10. The van der Waals surface area contributed by atoms with E-state index < -0.39 is 60.1 Å². The van der Waals surface area contributed by atoms with E-state index >= 15 is 0 Å². The Bertz CT molecular complexity index is 1290. The van der Waals surface area contributed by atoms with Gasteiger partial charge in [-0.05, 0) is 29.5 Å². The molecule has 0 aliphatic heterocycles. The van der Waals surface area contributed by atoms with E-state index in [1.54, 1.807) is 0 Å². The van der Waals surface area contributed by atoms with Crippen LogP contribution in [0.1, 0.15) is 63.5 Å². The van der Waals surface area contributed by atoms with Crippen molar-refractivity contribution in [2.24, 2.45) is 10.8 Å². The number of benzene rings is 2. The molecule has 2 aromatic carbocycles. The topological polar surface area (TPSA) is 226 Å². The summed E-state index contributed by atoms with van der Waals surface area (Å²) in [6.45, 7) is 3.96. The van der Waals surface area contributed by atoms with Crippen LogP contribution >= 0.6 is 0 Å². The minimum Gasteiger partial charge on any atom is -0.467 e. The van der Waals surface area contributed by atoms with Gasteiger partial charge in [-0.1, -0.05) is 105 Å². The van der Waals surface area contributed by atoms with Crippen LogP contribution in [0.3, 0.4) is 0 Å². The van der Waals surface area contributed by atoms with Crippen LogP contribution in [-0.2, 0) is 41.5 Å². The number of nitrogens with two attached hydrogens (primary N) is 1. The number of aliphatic hydroxyl groups is 2. The van der Waals surface area contributed by atoms with E-state index in [9.17, 15) is 29.4 Å². The second-order valence-electron chi connectivity index (χ2n) is 11.2. The molecule has 0 aromatic heterocycles. The first-order valence-electron chi connectivity index (χ1n) is 16.0. The maximum atomic E-state index is 12.3. The van der Waals surface area contributed by atoms with Gasteiger partial charge in [0.15, 0.2) is 0 Å². The molecule has 0 bridgehead atoms. The largest absolute Gasteiger partial charge is 0.467 e. The summed E-state index contributed by atoms with van der Waals surface area (Å²) >= 11 is 0. The maximum Gasteiger partial charge on any atom is 0.328 e. The molecular weight excluding hydrogens is 620 g/mol. The second kappa shape index (κ2) is 23.8. The minimum atomic E-state index is -1.52. The average molecular weight is 671 g/mol.